The third kappa shape index (κ3) is 5.13. The van der Waals surface area contributed by atoms with Crippen molar-refractivity contribution in [1.82, 2.24) is 5.32 Å². The summed E-state index contributed by atoms with van der Waals surface area (Å²) in [6, 6.07) is 16.3. The molecular formula is C21H22N2O4S. The molecule has 0 radical (unpaired) electrons. The number of anilines is 1. The van der Waals surface area contributed by atoms with Crippen LogP contribution in [-0.4, -0.2) is 42.7 Å². The van der Waals surface area contributed by atoms with Crippen molar-refractivity contribution in [3.05, 3.63) is 60.2 Å². The molecule has 0 spiro atoms. The van der Waals surface area contributed by atoms with E-state index in [9.17, 15) is 14.4 Å². The topological polar surface area (TPSA) is 75.7 Å². The van der Waals surface area contributed by atoms with Crippen molar-refractivity contribution in [3.63, 3.8) is 0 Å². The first-order valence-corrected chi connectivity index (χ1v) is 9.97. The molecule has 1 aliphatic rings. The first-order chi connectivity index (χ1) is 13.5. The zero-order valence-corrected chi connectivity index (χ0v) is 16.4. The number of nitrogens with one attached hydrogen (secondary N) is 1. The standard InChI is InChI=1S/C21H22N2O4S/c1-15-11-12-23(17-9-5-6-10-18(17)28-15)19(24)14-27-20(25)13-22-21(26)16-7-3-2-4-8-16/h2-10,15H,11-14H2,1H3,(H,22,26). The molecule has 1 N–H and O–H groups in total. The Hall–Kier alpha value is -2.80. The van der Waals surface area contributed by atoms with Crippen LogP contribution in [0.15, 0.2) is 59.5 Å². The van der Waals surface area contributed by atoms with E-state index in [1.54, 1.807) is 47.0 Å². The summed E-state index contributed by atoms with van der Waals surface area (Å²) in [6.07, 6.45) is 0.853. The van der Waals surface area contributed by atoms with Gasteiger partial charge in [-0.25, -0.2) is 0 Å². The number of hydrogen-bond acceptors (Lipinski definition) is 5. The van der Waals surface area contributed by atoms with Crippen LogP contribution in [0.25, 0.3) is 0 Å². The van der Waals surface area contributed by atoms with Crippen molar-refractivity contribution in [2.24, 2.45) is 0 Å². The van der Waals surface area contributed by atoms with Gasteiger partial charge in [0.15, 0.2) is 6.61 Å². The van der Waals surface area contributed by atoms with Crippen LogP contribution in [0, 0.1) is 0 Å². The minimum absolute atomic E-state index is 0.273. The number of carbonyl (C=O) groups excluding carboxylic acids is 3. The molecular weight excluding hydrogens is 376 g/mol. The molecule has 0 aliphatic carbocycles. The molecule has 2 amide bonds. The molecule has 0 aromatic heterocycles. The summed E-state index contributed by atoms with van der Waals surface area (Å²) in [7, 11) is 0. The predicted molar refractivity (Wildman–Crippen MR) is 108 cm³/mol. The lowest BCUT2D eigenvalue weighted by molar-refractivity contribution is -0.146. The molecule has 7 heteroatoms. The molecule has 3 rings (SSSR count). The lowest BCUT2D eigenvalue weighted by atomic mass is 10.2. The minimum Gasteiger partial charge on any atom is -0.454 e. The quantitative estimate of drug-likeness (QED) is 0.784. The molecule has 1 aliphatic heterocycles. The normalized spacial score (nSPS) is 15.9. The summed E-state index contributed by atoms with van der Waals surface area (Å²) in [5.41, 5.74) is 1.30. The van der Waals surface area contributed by atoms with E-state index < -0.39 is 5.97 Å². The highest BCUT2D eigenvalue weighted by Gasteiger charge is 2.24. The van der Waals surface area contributed by atoms with Crippen molar-refractivity contribution in [2.75, 3.05) is 24.6 Å². The van der Waals surface area contributed by atoms with E-state index in [4.69, 9.17) is 4.74 Å². The number of amides is 2. The summed E-state index contributed by atoms with van der Waals surface area (Å²) < 4.78 is 5.07. The number of para-hydroxylation sites is 1. The Labute approximate surface area is 168 Å². The van der Waals surface area contributed by atoms with Crippen molar-refractivity contribution in [2.45, 2.75) is 23.5 Å². The molecule has 1 atom stereocenters. The summed E-state index contributed by atoms with van der Waals surface area (Å²) in [4.78, 5) is 39.2. The number of fused-ring (bicyclic) bond motifs is 1. The van der Waals surface area contributed by atoms with Crippen LogP contribution >= 0.6 is 11.8 Å². The van der Waals surface area contributed by atoms with E-state index >= 15 is 0 Å². The number of carbonyl (C=O) groups is 3. The van der Waals surface area contributed by atoms with Gasteiger partial charge in [-0.05, 0) is 30.7 Å². The van der Waals surface area contributed by atoms with Gasteiger partial charge >= 0.3 is 5.97 Å². The number of thioether (sulfide) groups is 1. The Balaban J connectivity index is 1.52. The van der Waals surface area contributed by atoms with E-state index in [-0.39, 0.29) is 25.0 Å². The molecule has 0 saturated heterocycles. The molecule has 6 nitrogen and oxygen atoms in total. The van der Waals surface area contributed by atoms with Crippen molar-refractivity contribution in [3.8, 4) is 0 Å². The highest BCUT2D eigenvalue weighted by molar-refractivity contribution is 8.00. The Morgan fingerprint density at radius 1 is 1.11 bits per heavy atom. The second-order valence-electron chi connectivity index (χ2n) is 6.44. The average Bonchev–Trinajstić information content (AvgIpc) is 2.89. The predicted octanol–water partition coefficient (Wildman–Crippen LogP) is 2.88. The average molecular weight is 398 g/mol. The molecule has 2 aromatic carbocycles. The van der Waals surface area contributed by atoms with Crippen LogP contribution in [0.1, 0.15) is 23.7 Å². The van der Waals surface area contributed by atoms with E-state index in [1.807, 2.05) is 24.3 Å². The SMILES string of the molecule is CC1CCN(C(=O)COC(=O)CNC(=O)c2ccccc2)c2ccccc2S1. The summed E-state index contributed by atoms with van der Waals surface area (Å²) >= 11 is 1.74. The summed E-state index contributed by atoms with van der Waals surface area (Å²) in [5.74, 6) is -1.29. The Morgan fingerprint density at radius 3 is 2.61 bits per heavy atom. The van der Waals surface area contributed by atoms with Gasteiger partial charge in [-0.2, -0.15) is 0 Å². The van der Waals surface area contributed by atoms with E-state index in [0.717, 1.165) is 17.0 Å². The first-order valence-electron chi connectivity index (χ1n) is 9.09. The zero-order valence-electron chi connectivity index (χ0n) is 15.6. The lowest BCUT2D eigenvalue weighted by Crippen LogP contribution is -2.37. The molecule has 146 valence electrons. The van der Waals surface area contributed by atoms with Crippen molar-refractivity contribution < 1.29 is 19.1 Å². The van der Waals surface area contributed by atoms with E-state index in [0.29, 0.717) is 17.4 Å². The van der Waals surface area contributed by atoms with E-state index in [2.05, 4.69) is 12.2 Å². The fraction of sp³-hybridized carbons (Fsp3) is 0.286. The number of benzene rings is 2. The second-order valence-corrected chi connectivity index (χ2v) is 7.92. The summed E-state index contributed by atoms with van der Waals surface area (Å²) in [6.45, 7) is 2.06. The number of hydrogen-bond donors (Lipinski definition) is 1. The van der Waals surface area contributed by atoms with Crippen LogP contribution in [0.4, 0.5) is 5.69 Å². The Morgan fingerprint density at radius 2 is 1.82 bits per heavy atom. The van der Waals surface area contributed by atoms with Crippen LogP contribution in [0.3, 0.4) is 0 Å². The maximum atomic E-state index is 12.6. The molecule has 0 bridgehead atoms. The maximum absolute atomic E-state index is 12.6. The Kier molecular flexibility index (Phi) is 6.71. The number of rotatable bonds is 5. The largest absolute Gasteiger partial charge is 0.454 e. The smallest absolute Gasteiger partial charge is 0.325 e. The van der Waals surface area contributed by atoms with Gasteiger partial charge in [0.2, 0.25) is 0 Å². The van der Waals surface area contributed by atoms with Gasteiger partial charge in [0.25, 0.3) is 11.8 Å². The second kappa shape index (κ2) is 9.41. The van der Waals surface area contributed by atoms with Crippen molar-refractivity contribution >= 4 is 35.2 Å². The lowest BCUT2D eigenvalue weighted by Gasteiger charge is -2.22. The number of esters is 1. The van der Waals surface area contributed by atoms with Gasteiger partial charge in [0.1, 0.15) is 6.54 Å². The third-order valence-corrected chi connectivity index (χ3v) is 5.57. The van der Waals surface area contributed by atoms with Gasteiger partial charge in [-0.3, -0.25) is 14.4 Å². The fourth-order valence-corrected chi connectivity index (χ4v) is 3.97. The highest BCUT2D eigenvalue weighted by Crippen LogP contribution is 2.37. The van der Waals surface area contributed by atoms with E-state index in [1.165, 1.54) is 0 Å². The number of ether oxygens (including phenoxy) is 1. The fourth-order valence-electron chi connectivity index (χ4n) is 2.86. The molecule has 0 fully saturated rings. The summed E-state index contributed by atoms with van der Waals surface area (Å²) in [5, 5.41) is 2.89. The Bertz CT molecular complexity index is 856. The molecule has 0 saturated carbocycles. The van der Waals surface area contributed by atoms with Gasteiger partial charge in [-0.15, -0.1) is 11.8 Å². The van der Waals surface area contributed by atoms with Crippen LogP contribution < -0.4 is 10.2 Å². The van der Waals surface area contributed by atoms with Crippen LogP contribution in [-0.2, 0) is 14.3 Å². The molecule has 28 heavy (non-hydrogen) atoms. The van der Waals surface area contributed by atoms with Gasteiger partial charge < -0.3 is 15.0 Å². The monoisotopic (exact) mass is 398 g/mol. The molecule has 2 aromatic rings. The molecule has 1 heterocycles. The van der Waals surface area contributed by atoms with Crippen molar-refractivity contribution in [1.29, 1.82) is 0 Å². The zero-order chi connectivity index (χ0) is 19.9. The van der Waals surface area contributed by atoms with Crippen LogP contribution in [0.5, 0.6) is 0 Å². The third-order valence-electron chi connectivity index (χ3n) is 4.33. The van der Waals surface area contributed by atoms with Gasteiger partial charge in [0.05, 0.1) is 5.69 Å². The number of nitrogens with zero attached hydrogens (tertiary/aromatic N) is 1. The first kappa shape index (κ1) is 19.9. The minimum atomic E-state index is -0.650. The van der Waals surface area contributed by atoms with Gasteiger partial charge in [0, 0.05) is 22.3 Å². The van der Waals surface area contributed by atoms with Gasteiger partial charge in [-0.1, -0.05) is 37.3 Å². The van der Waals surface area contributed by atoms with Crippen LogP contribution in [0.2, 0.25) is 0 Å². The maximum Gasteiger partial charge on any atom is 0.325 e. The highest BCUT2D eigenvalue weighted by atomic mass is 32.2. The molecule has 1 unspecified atom stereocenters.